The molecule has 1 unspecified atom stereocenters. The van der Waals surface area contributed by atoms with Crippen LogP contribution in [-0.2, 0) is 31.7 Å². The molecule has 4 aromatic rings. The molecule has 6 rings (SSSR count). The number of likely N-dealkylation sites (tertiary alicyclic amines) is 1. The molecule has 2 aliphatic rings. The van der Waals surface area contributed by atoms with Crippen molar-refractivity contribution in [2.24, 2.45) is 5.41 Å². The van der Waals surface area contributed by atoms with Gasteiger partial charge in [0.1, 0.15) is 18.5 Å². The summed E-state index contributed by atoms with van der Waals surface area (Å²) < 4.78 is 73.1. The molecule has 0 aliphatic carbocycles. The van der Waals surface area contributed by atoms with E-state index in [0.717, 1.165) is 5.56 Å². The van der Waals surface area contributed by atoms with Gasteiger partial charge in [0, 0.05) is 58.2 Å². The Morgan fingerprint density at radius 3 is 2.44 bits per heavy atom. The lowest BCUT2D eigenvalue weighted by atomic mass is 9.76. The predicted molar refractivity (Wildman–Crippen MR) is 197 cm³/mol. The predicted octanol–water partition coefficient (Wildman–Crippen LogP) is 7.36. The number of ether oxygens (including phenoxy) is 3. The van der Waals surface area contributed by atoms with Crippen LogP contribution in [0.2, 0.25) is 5.02 Å². The summed E-state index contributed by atoms with van der Waals surface area (Å²) in [4.78, 5) is 38.3. The van der Waals surface area contributed by atoms with Crippen LogP contribution in [0.5, 0.6) is 5.88 Å². The number of amides is 1. The largest absolute Gasteiger partial charge is 0.464 e. The van der Waals surface area contributed by atoms with E-state index in [-0.39, 0.29) is 53.6 Å². The van der Waals surface area contributed by atoms with Gasteiger partial charge in [-0.2, -0.15) is 23.1 Å². The second-order valence-corrected chi connectivity index (χ2v) is 15.1. The van der Waals surface area contributed by atoms with Crippen LogP contribution in [0.15, 0.2) is 83.8 Å². The fraction of sp³-hybridized carbons (Fsp3) is 0.368. The average molecular weight is 786 g/mol. The van der Waals surface area contributed by atoms with Crippen molar-refractivity contribution in [3.05, 3.63) is 95.0 Å². The molecule has 286 valence electrons. The van der Waals surface area contributed by atoms with Crippen molar-refractivity contribution in [1.29, 1.82) is 0 Å². The minimum Gasteiger partial charge on any atom is -0.464 e. The molecule has 3 heterocycles. The number of nitrogen functional groups attached to an aromatic ring is 1. The first-order valence-electron chi connectivity index (χ1n) is 17.3. The number of esters is 1. The van der Waals surface area contributed by atoms with Crippen molar-refractivity contribution in [2.45, 2.75) is 56.0 Å². The van der Waals surface area contributed by atoms with Gasteiger partial charge >= 0.3 is 18.2 Å². The van der Waals surface area contributed by atoms with E-state index >= 15 is 0 Å². The summed E-state index contributed by atoms with van der Waals surface area (Å²) in [6, 6.07) is 20.1. The van der Waals surface area contributed by atoms with Gasteiger partial charge in [-0.1, -0.05) is 60.1 Å². The molecule has 1 aromatic heterocycles. The minimum atomic E-state index is -4.89. The zero-order valence-electron chi connectivity index (χ0n) is 29.6. The minimum absolute atomic E-state index is 0.0503. The number of nitrogens with zero attached hydrogens (tertiary/aromatic N) is 4. The van der Waals surface area contributed by atoms with Gasteiger partial charge in [0.25, 0.3) is 0 Å². The molecule has 0 saturated carbocycles. The summed E-state index contributed by atoms with van der Waals surface area (Å²) in [6.07, 6.45) is -5.06. The molecule has 0 radical (unpaired) electrons. The standard InChI is InChI=1S/C38H39ClF3N5O6S/c1-3-51-34(48)30-21-37(23-47(30)36(49)52-22-24-8-5-4-6-9-24)14-16-46(17-15-37)31-20-32(45-35(43)44-31)53-33(38(40,41)42)28-13-12-26(39)19-29(28)25-10-7-11-27(18-25)54(2)50/h4-13,18-20,30,33H,3,14-17,21-23H2,1-2H3,(H2,43,44,45)/t30-,33+,54?/m0/s1. The molecule has 2 aliphatic heterocycles. The van der Waals surface area contributed by atoms with Gasteiger partial charge in [0.2, 0.25) is 17.9 Å². The Bertz CT molecular complexity index is 2020. The Hall–Kier alpha value is -4.89. The van der Waals surface area contributed by atoms with Crippen molar-refractivity contribution in [2.75, 3.05) is 43.1 Å². The summed E-state index contributed by atoms with van der Waals surface area (Å²) in [5.74, 6) is -0.912. The van der Waals surface area contributed by atoms with Crippen molar-refractivity contribution in [3.63, 3.8) is 0 Å². The van der Waals surface area contributed by atoms with Crippen LogP contribution in [0.4, 0.5) is 29.7 Å². The summed E-state index contributed by atoms with van der Waals surface area (Å²) in [5.41, 5.74) is 6.70. The number of nitrogens with two attached hydrogens (primary N) is 1. The number of carbonyl (C=O) groups excluding carboxylic acids is 2. The Kier molecular flexibility index (Phi) is 11.7. The number of anilines is 2. The highest BCUT2D eigenvalue weighted by Crippen LogP contribution is 2.46. The van der Waals surface area contributed by atoms with E-state index < -0.39 is 46.6 Å². The van der Waals surface area contributed by atoms with Crippen molar-refractivity contribution >= 4 is 46.2 Å². The van der Waals surface area contributed by atoms with Crippen LogP contribution in [-0.4, -0.2) is 75.9 Å². The summed E-state index contributed by atoms with van der Waals surface area (Å²) in [7, 11) is -1.38. The smallest absolute Gasteiger partial charge is 0.429 e. The molecule has 0 bridgehead atoms. The second-order valence-electron chi connectivity index (χ2n) is 13.3. The van der Waals surface area contributed by atoms with Crippen LogP contribution in [0.25, 0.3) is 11.1 Å². The SMILES string of the molecule is CCOC(=O)[C@@H]1CC2(CCN(c3cc(O[C@H](c4ccc(Cl)cc4-c4cccc(S(C)=O)c4)C(F)(F)F)nc(N)n3)CC2)CN1C(=O)OCc1ccccc1. The van der Waals surface area contributed by atoms with Crippen LogP contribution in [0, 0.1) is 5.41 Å². The molecule has 54 heavy (non-hydrogen) atoms. The second kappa shape index (κ2) is 16.2. The number of halogens is 4. The number of aromatic nitrogens is 2. The first-order valence-corrected chi connectivity index (χ1v) is 19.2. The topological polar surface area (TPSA) is 137 Å². The fourth-order valence-electron chi connectivity index (χ4n) is 7.00. The van der Waals surface area contributed by atoms with Crippen LogP contribution in [0.1, 0.15) is 43.4 Å². The first-order chi connectivity index (χ1) is 25.7. The number of benzene rings is 3. The molecule has 2 fully saturated rings. The Morgan fingerprint density at radius 2 is 1.76 bits per heavy atom. The molecule has 1 spiro atoms. The average Bonchev–Trinajstić information content (AvgIpc) is 3.52. The van der Waals surface area contributed by atoms with E-state index in [1.807, 2.05) is 35.2 Å². The van der Waals surface area contributed by atoms with E-state index in [2.05, 4.69) is 9.97 Å². The highest BCUT2D eigenvalue weighted by molar-refractivity contribution is 7.84. The Labute approximate surface area is 318 Å². The van der Waals surface area contributed by atoms with Crippen LogP contribution in [0.3, 0.4) is 0 Å². The van der Waals surface area contributed by atoms with Crippen molar-refractivity contribution in [3.8, 4) is 17.0 Å². The number of alkyl halides is 3. The van der Waals surface area contributed by atoms with E-state index in [1.165, 1.54) is 35.4 Å². The molecule has 3 aromatic carbocycles. The zero-order chi connectivity index (χ0) is 38.6. The Morgan fingerprint density at radius 1 is 1.02 bits per heavy atom. The summed E-state index contributed by atoms with van der Waals surface area (Å²) in [6.45, 7) is 2.98. The van der Waals surface area contributed by atoms with Gasteiger partial charge in [-0.15, -0.1) is 0 Å². The number of hydrogen-bond donors (Lipinski definition) is 1. The van der Waals surface area contributed by atoms with Gasteiger partial charge in [0.05, 0.1) is 6.61 Å². The molecule has 1 amide bonds. The van der Waals surface area contributed by atoms with Gasteiger partial charge < -0.3 is 24.8 Å². The van der Waals surface area contributed by atoms with Crippen LogP contribution < -0.4 is 15.4 Å². The van der Waals surface area contributed by atoms with Gasteiger partial charge in [0.15, 0.2) is 0 Å². The molecular weight excluding hydrogens is 747 g/mol. The molecular formula is C38H39ClF3N5O6S. The number of rotatable bonds is 10. The van der Waals surface area contributed by atoms with Gasteiger partial charge in [-0.05, 0) is 72.6 Å². The zero-order valence-corrected chi connectivity index (χ0v) is 31.1. The third-order valence-corrected chi connectivity index (χ3v) is 10.8. The maximum Gasteiger partial charge on any atom is 0.429 e. The number of piperidine rings is 1. The highest BCUT2D eigenvalue weighted by Gasteiger charge is 2.51. The molecule has 2 N–H and O–H groups in total. The van der Waals surface area contributed by atoms with Crippen molar-refractivity contribution in [1.82, 2.24) is 14.9 Å². The van der Waals surface area contributed by atoms with Gasteiger partial charge in [-0.25, -0.2) is 9.59 Å². The van der Waals surface area contributed by atoms with E-state index in [0.29, 0.717) is 42.8 Å². The highest BCUT2D eigenvalue weighted by atomic mass is 35.5. The molecule has 16 heteroatoms. The number of carbonyl (C=O) groups is 2. The fourth-order valence-corrected chi connectivity index (χ4v) is 7.74. The summed E-state index contributed by atoms with van der Waals surface area (Å²) >= 11 is 6.25. The Balaban J connectivity index is 1.20. The van der Waals surface area contributed by atoms with E-state index in [4.69, 9.17) is 31.5 Å². The van der Waals surface area contributed by atoms with E-state index in [1.54, 1.807) is 31.2 Å². The maximum absolute atomic E-state index is 14.8. The first kappa shape index (κ1) is 38.8. The van der Waals surface area contributed by atoms with Crippen molar-refractivity contribution < 1.29 is 41.2 Å². The lowest BCUT2D eigenvalue weighted by molar-refractivity contribution is -0.198. The maximum atomic E-state index is 14.8. The lowest BCUT2D eigenvalue weighted by Gasteiger charge is -2.39. The third-order valence-electron chi connectivity index (χ3n) is 9.67. The monoisotopic (exact) mass is 785 g/mol. The summed E-state index contributed by atoms with van der Waals surface area (Å²) in [5, 5.41) is 0.206. The molecule has 2 saturated heterocycles. The van der Waals surface area contributed by atoms with Crippen LogP contribution >= 0.6 is 11.6 Å². The van der Waals surface area contributed by atoms with E-state index in [9.17, 15) is 27.0 Å². The number of hydrogen-bond acceptors (Lipinski definition) is 10. The molecule has 11 nitrogen and oxygen atoms in total. The quantitative estimate of drug-likeness (QED) is 0.163. The normalized spacial score (nSPS) is 17.9. The lowest BCUT2D eigenvalue weighted by Crippen LogP contribution is -2.43. The van der Waals surface area contributed by atoms with Gasteiger partial charge in [-0.3, -0.25) is 9.11 Å². The molecule has 3 atom stereocenters. The third kappa shape index (κ3) is 8.90.